The molecule has 2 fully saturated rings. The van der Waals surface area contributed by atoms with E-state index in [0.717, 1.165) is 42.4 Å². The van der Waals surface area contributed by atoms with Gasteiger partial charge in [0.2, 0.25) is 11.8 Å². The predicted molar refractivity (Wildman–Crippen MR) is 122 cm³/mol. The number of aromatic nitrogens is 1. The Bertz CT molecular complexity index is 921. The van der Waals surface area contributed by atoms with Crippen LogP contribution in [0, 0.1) is 11.8 Å². The summed E-state index contributed by atoms with van der Waals surface area (Å²) in [5.41, 5.74) is 3.33. The molecular formula is C26H31N3O2. The smallest absolute Gasteiger partial charge is 0.228 e. The van der Waals surface area contributed by atoms with Crippen LogP contribution < -0.4 is 0 Å². The highest BCUT2D eigenvalue weighted by atomic mass is 16.2. The van der Waals surface area contributed by atoms with Gasteiger partial charge in [-0.05, 0) is 48.1 Å². The summed E-state index contributed by atoms with van der Waals surface area (Å²) in [7, 11) is 0. The average molecular weight is 418 g/mol. The minimum atomic E-state index is -0.236. The maximum absolute atomic E-state index is 13.3. The van der Waals surface area contributed by atoms with Crippen LogP contribution in [-0.2, 0) is 16.0 Å². The Hall–Kier alpha value is -2.95. The molecule has 0 spiro atoms. The fraction of sp³-hybridized carbons (Fsp3) is 0.423. The summed E-state index contributed by atoms with van der Waals surface area (Å²) >= 11 is 0. The molecule has 162 valence electrons. The van der Waals surface area contributed by atoms with Crippen LogP contribution in [-0.4, -0.2) is 52.8 Å². The lowest BCUT2D eigenvalue weighted by molar-refractivity contribution is -0.136. The zero-order valence-corrected chi connectivity index (χ0v) is 18.1. The molecule has 1 saturated heterocycles. The number of hydrogen-bond donors (Lipinski definition) is 0. The van der Waals surface area contributed by atoms with Crippen molar-refractivity contribution in [3.63, 3.8) is 0 Å². The molecule has 1 aromatic heterocycles. The summed E-state index contributed by atoms with van der Waals surface area (Å²) in [5.74, 6) is 0.259. The van der Waals surface area contributed by atoms with Crippen molar-refractivity contribution >= 4 is 11.8 Å². The summed E-state index contributed by atoms with van der Waals surface area (Å²) in [6.07, 6.45) is 10.2. The summed E-state index contributed by atoms with van der Waals surface area (Å²) in [4.78, 5) is 34.3. The van der Waals surface area contributed by atoms with Crippen molar-refractivity contribution < 1.29 is 9.59 Å². The zero-order chi connectivity index (χ0) is 21.6. The number of hydrogen-bond acceptors (Lipinski definition) is 3. The van der Waals surface area contributed by atoms with Crippen LogP contribution in [0.4, 0.5) is 0 Å². The molecule has 1 saturated carbocycles. The molecule has 1 aliphatic heterocycles. The van der Waals surface area contributed by atoms with Crippen molar-refractivity contribution in [1.29, 1.82) is 0 Å². The number of carbonyl (C=O) groups excluding carboxylic acids is 2. The largest absolute Gasteiger partial charge is 0.340 e. The zero-order valence-electron chi connectivity index (χ0n) is 18.1. The van der Waals surface area contributed by atoms with E-state index in [1.165, 1.54) is 0 Å². The van der Waals surface area contributed by atoms with E-state index in [1.807, 2.05) is 28.0 Å². The molecule has 5 heteroatoms. The van der Waals surface area contributed by atoms with Crippen LogP contribution in [0.25, 0.3) is 11.1 Å². The van der Waals surface area contributed by atoms with Gasteiger partial charge in [0, 0.05) is 44.5 Å². The molecule has 1 unspecified atom stereocenters. The average Bonchev–Trinajstić information content (AvgIpc) is 3.30. The van der Waals surface area contributed by atoms with Gasteiger partial charge in [0.15, 0.2) is 0 Å². The molecule has 5 nitrogen and oxygen atoms in total. The van der Waals surface area contributed by atoms with Gasteiger partial charge in [-0.25, -0.2) is 0 Å². The molecule has 0 N–H and O–H groups in total. The minimum absolute atomic E-state index is 0.121. The number of pyridine rings is 1. The first kappa shape index (κ1) is 21.3. The number of carbonyl (C=O) groups is 2. The van der Waals surface area contributed by atoms with Crippen molar-refractivity contribution in [1.82, 2.24) is 14.8 Å². The second kappa shape index (κ2) is 9.90. The summed E-state index contributed by atoms with van der Waals surface area (Å²) in [5, 5.41) is 0. The third-order valence-corrected chi connectivity index (χ3v) is 6.53. The van der Waals surface area contributed by atoms with Crippen molar-refractivity contribution in [2.24, 2.45) is 11.8 Å². The lowest BCUT2D eigenvalue weighted by atomic mass is 9.94. The van der Waals surface area contributed by atoms with Crippen LogP contribution in [0.15, 0.2) is 61.4 Å². The van der Waals surface area contributed by atoms with Gasteiger partial charge in [-0.15, -0.1) is 6.58 Å². The molecule has 2 amide bonds. The summed E-state index contributed by atoms with van der Waals surface area (Å²) < 4.78 is 0. The SMILES string of the molecule is C=CCN1CCN(C(=O)C2CCCC2)CC(Cc2cccc(-c3ccncc3)c2)C1=O. The van der Waals surface area contributed by atoms with Crippen molar-refractivity contribution in [2.75, 3.05) is 26.2 Å². The van der Waals surface area contributed by atoms with E-state index in [9.17, 15) is 9.59 Å². The predicted octanol–water partition coefficient (Wildman–Crippen LogP) is 3.95. The molecule has 1 atom stereocenters. The van der Waals surface area contributed by atoms with E-state index in [1.54, 1.807) is 18.5 Å². The second-order valence-corrected chi connectivity index (χ2v) is 8.68. The van der Waals surface area contributed by atoms with Crippen molar-refractivity contribution in [2.45, 2.75) is 32.1 Å². The van der Waals surface area contributed by atoms with Gasteiger partial charge in [-0.3, -0.25) is 14.6 Å². The molecule has 31 heavy (non-hydrogen) atoms. The van der Waals surface area contributed by atoms with Gasteiger partial charge in [-0.1, -0.05) is 43.2 Å². The number of rotatable bonds is 6. The molecule has 2 aliphatic rings. The molecule has 2 aromatic rings. The van der Waals surface area contributed by atoms with E-state index in [0.29, 0.717) is 32.6 Å². The highest BCUT2D eigenvalue weighted by Crippen LogP contribution is 2.28. The third-order valence-electron chi connectivity index (χ3n) is 6.53. The Labute approximate surface area is 184 Å². The second-order valence-electron chi connectivity index (χ2n) is 8.68. The maximum Gasteiger partial charge on any atom is 0.228 e. The first-order valence-corrected chi connectivity index (χ1v) is 11.3. The van der Waals surface area contributed by atoms with E-state index in [-0.39, 0.29) is 23.7 Å². The molecule has 4 rings (SSSR count). The number of benzene rings is 1. The minimum Gasteiger partial charge on any atom is -0.340 e. The van der Waals surface area contributed by atoms with Crippen LogP contribution in [0.5, 0.6) is 0 Å². The van der Waals surface area contributed by atoms with E-state index in [2.05, 4.69) is 29.8 Å². The van der Waals surface area contributed by atoms with Crippen LogP contribution in [0.3, 0.4) is 0 Å². The Balaban J connectivity index is 1.55. The maximum atomic E-state index is 13.3. The molecular weight excluding hydrogens is 386 g/mol. The Morgan fingerprint density at radius 2 is 1.87 bits per heavy atom. The fourth-order valence-corrected chi connectivity index (χ4v) is 4.87. The topological polar surface area (TPSA) is 53.5 Å². The normalized spacial score (nSPS) is 20.0. The lowest BCUT2D eigenvalue weighted by Crippen LogP contribution is -2.40. The standard InChI is InChI=1S/C26H31N3O2/c1-2-14-28-15-16-29(25(30)22-7-3-4-8-22)19-24(26(28)31)18-20-6-5-9-23(17-20)21-10-12-27-13-11-21/h2,5-6,9-13,17,22,24H,1,3-4,7-8,14-16,18-19H2. The summed E-state index contributed by atoms with van der Waals surface area (Å²) in [6.45, 7) is 6.03. The third kappa shape index (κ3) is 5.04. The number of nitrogens with zero attached hydrogens (tertiary/aromatic N) is 3. The first-order valence-electron chi connectivity index (χ1n) is 11.3. The van der Waals surface area contributed by atoms with Gasteiger partial charge in [-0.2, -0.15) is 0 Å². The first-order chi connectivity index (χ1) is 15.2. The molecule has 0 bridgehead atoms. The highest BCUT2D eigenvalue weighted by Gasteiger charge is 2.35. The Morgan fingerprint density at radius 1 is 1.10 bits per heavy atom. The van der Waals surface area contributed by atoms with Gasteiger partial charge in [0.25, 0.3) is 0 Å². The van der Waals surface area contributed by atoms with Crippen LogP contribution in [0.2, 0.25) is 0 Å². The van der Waals surface area contributed by atoms with Crippen molar-refractivity contribution in [3.05, 3.63) is 67.0 Å². The van der Waals surface area contributed by atoms with E-state index >= 15 is 0 Å². The van der Waals surface area contributed by atoms with E-state index in [4.69, 9.17) is 0 Å². The Morgan fingerprint density at radius 3 is 2.61 bits per heavy atom. The molecule has 0 radical (unpaired) electrons. The molecule has 1 aromatic carbocycles. The molecule has 2 heterocycles. The van der Waals surface area contributed by atoms with Crippen molar-refractivity contribution in [3.8, 4) is 11.1 Å². The van der Waals surface area contributed by atoms with Crippen LogP contribution >= 0.6 is 0 Å². The van der Waals surface area contributed by atoms with Gasteiger partial charge < -0.3 is 9.80 Å². The van der Waals surface area contributed by atoms with Gasteiger partial charge >= 0.3 is 0 Å². The molecule has 1 aliphatic carbocycles. The fourth-order valence-electron chi connectivity index (χ4n) is 4.87. The van der Waals surface area contributed by atoms with Crippen LogP contribution in [0.1, 0.15) is 31.2 Å². The highest BCUT2D eigenvalue weighted by molar-refractivity contribution is 5.83. The van der Waals surface area contributed by atoms with Gasteiger partial charge in [0.1, 0.15) is 0 Å². The quantitative estimate of drug-likeness (QED) is 0.669. The lowest BCUT2D eigenvalue weighted by Gasteiger charge is -2.26. The Kier molecular flexibility index (Phi) is 6.80. The summed E-state index contributed by atoms with van der Waals surface area (Å²) in [6, 6.07) is 12.3. The van der Waals surface area contributed by atoms with Gasteiger partial charge in [0.05, 0.1) is 5.92 Å². The monoisotopic (exact) mass is 417 g/mol. The van der Waals surface area contributed by atoms with E-state index < -0.39 is 0 Å². The number of amides is 2.